The van der Waals surface area contributed by atoms with E-state index in [2.05, 4.69) is 47.3 Å². The van der Waals surface area contributed by atoms with E-state index in [1.807, 2.05) is 36.2 Å². The zero-order valence-corrected chi connectivity index (χ0v) is 20.4. The maximum atomic E-state index is 12.7. The first-order valence-electron chi connectivity index (χ1n) is 12.1. The number of aliphatic carboxylic acids is 1. The summed E-state index contributed by atoms with van der Waals surface area (Å²) in [5.74, 6) is 0.651. The summed E-state index contributed by atoms with van der Waals surface area (Å²) in [6, 6.07) is 8.07. The van der Waals surface area contributed by atoms with Crippen LogP contribution in [-0.2, 0) is 9.59 Å². The number of carboxylic acid groups (broad SMARTS) is 1. The molecule has 1 saturated heterocycles. The highest BCUT2D eigenvalue weighted by molar-refractivity contribution is 5.76. The summed E-state index contributed by atoms with van der Waals surface area (Å²) in [4.78, 5) is 27.7. The van der Waals surface area contributed by atoms with Gasteiger partial charge in [-0.15, -0.1) is 0 Å². The molecule has 3 N–H and O–H groups in total. The Bertz CT molecular complexity index is 932. The molecule has 1 heterocycles. The number of piperidine rings is 1. The molecule has 1 fully saturated rings. The molecule has 1 unspecified atom stereocenters. The number of amides is 1. The third-order valence-electron chi connectivity index (χ3n) is 6.70. The van der Waals surface area contributed by atoms with E-state index in [1.54, 1.807) is 0 Å². The summed E-state index contributed by atoms with van der Waals surface area (Å²) in [7, 11) is 1.87. The summed E-state index contributed by atoms with van der Waals surface area (Å²) >= 11 is 0. The minimum atomic E-state index is -0.706. The monoisotopic (exact) mass is 466 g/mol. The molecule has 1 amide bonds. The van der Waals surface area contributed by atoms with Crippen LogP contribution in [0.4, 0.5) is 5.69 Å². The fraction of sp³-hybridized carbons (Fsp3) is 0.481. The SMILES string of the molecule is C=C(NC1=CCC(CC(=O)N(C)CCN2CCC(CC(=O)O)CC2)C=C1)Nc1ccccc1C. The highest BCUT2D eigenvalue weighted by Gasteiger charge is 2.22. The summed E-state index contributed by atoms with van der Waals surface area (Å²) < 4.78 is 0. The van der Waals surface area contributed by atoms with E-state index >= 15 is 0 Å². The van der Waals surface area contributed by atoms with E-state index in [9.17, 15) is 9.59 Å². The number of benzene rings is 1. The van der Waals surface area contributed by atoms with Gasteiger partial charge in [0.2, 0.25) is 5.91 Å². The highest BCUT2D eigenvalue weighted by atomic mass is 16.4. The molecule has 2 aliphatic rings. The molecule has 7 nitrogen and oxygen atoms in total. The Balaban J connectivity index is 1.34. The number of likely N-dealkylation sites (N-methyl/N-ethyl adjacent to an activating group) is 1. The Morgan fingerprint density at radius 3 is 2.56 bits per heavy atom. The molecule has 34 heavy (non-hydrogen) atoms. The molecule has 0 aromatic heterocycles. The zero-order chi connectivity index (χ0) is 24.5. The number of hydrogen-bond acceptors (Lipinski definition) is 5. The third-order valence-corrected chi connectivity index (χ3v) is 6.70. The predicted octanol–water partition coefficient (Wildman–Crippen LogP) is 3.96. The van der Waals surface area contributed by atoms with Gasteiger partial charge in [-0.3, -0.25) is 9.59 Å². The number of nitrogens with one attached hydrogen (secondary N) is 2. The van der Waals surface area contributed by atoms with Crippen molar-refractivity contribution < 1.29 is 14.7 Å². The van der Waals surface area contributed by atoms with Crippen LogP contribution in [0.25, 0.3) is 0 Å². The molecule has 184 valence electrons. The van der Waals surface area contributed by atoms with Crippen molar-refractivity contribution in [2.45, 2.75) is 39.0 Å². The van der Waals surface area contributed by atoms with Crippen molar-refractivity contribution in [1.82, 2.24) is 15.1 Å². The van der Waals surface area contributed by atoms with Crippen molar-refractivity contribution >= 4 is 17.6 Å². The van der Waals surface area contributed by atoms with E-state index < -0.39 is 5.97 Å². The molecule has 3 rings (SSSR count). The van der Waals surface area contributed by atoms with Crippen LogP contribution in [0.1, 0.15) is 37.7 Å². The summed E-state index contributed by atoms with van der Waals surface area (Å²) in [5, 5.41) is 15.5. The number of carbonyl (C=O) groups is 2. The lowest BCUT2D eigenvalue weighted by molar-refractivity contribution is -0.138. The van der Waals surface area contributed by atoms with Gasteiger partial charge in [0.05, 0.1) is 0 Å². The van der Waals surface area contributed by atoms with Crippen molar-refractivity contribution in [3.63, 3.8) is 0 Å². The van der Waals surface area contributed by atoms with Gasteiger partial charge in [0, 0.05) is 44.4 Å². The van der Waals surface area contributed by atoms with Gasteiger partial charge < -0.3 is 25.5 Å². The van der Waals surface area contributed by atoms with Crippen molar-refractivity contribution in [2.24, 2.45) is 11.8 Å². The fourth-order valence-electron chi connectivity index (χ4n) is 4.45. The first kappa shape index (κ1) is 25.6. The minimum absolute atomic E-state index is 0.158. The van der Waals surface area contributed by atoms with Crippen LogP contribution in [0.2, 0.25) is 0 Å². The molecular weight excluding hydrogens is 428 g/mol. The van der Waals surface area contributed by atoms with Gasteiger partial charge in [-0.05, 0) is 68.8 Å². The first-order chi connectivity index (χ1) is 16.3. The van der Waals surface area contributed by atoms with Crippen LogP contribution in [0, 0.1) is 18.8 Å². The molecule has 1 aliphatic heterocycles. The third kappa shape index (κ3) is 8.06. The Morgan fingerprint density at radius 2 is 1.91 bits per heavy atom. The number of para-hydroxylation sites is 1. The number of carbonyl (C=O) groups excluding carboxylic acids is 1. The van der Waals surface area contributed by atoms with E-state index in [0.717, 1.165) is 55.8 Å². The highest BCUT2D eigenvalue weighted by Crippen LogP contribution is 2.22. The quantitative estimate of drug-likeness (QED) is 0.458. The van der Waals surface area contributed by atoms with Crippen molar-refractivity contribution in [3.8, 4) is 0 Å². The number of aryl methyl sites for hydroxylation is 1. The van der Waals surface area contributed by atoms with Crippen LogP contribution in [-0.4, -0.2) is 60.0 Å². The van der Waals surface area contributed by atoms with Crippen molar-refractivity contribution in [1.29, 1.82) is 0 Å². The number of anilines is 1. The van der Waals surface area contributed by atoms with Crippen LogP contribution >= 0.6 is 0 Å². The first-order valence-corrected chi connectivity index (χ1v) is 12.1. The molecule has 0 saturated carbocycles. The molecule has 1 aliphatic carbocycles. The van der Waals surface area contributed by atoms with Crippen LogP contribution in [0.3, 0.4) is 0 Å². The molecule has 1 aromatic rings. The van der Waals surface area contributed by atoms with E-state index in [0.29, 0.717) is 18.8 Å². The number of likely N-dealkylation sites (tertiary alicyclic amines) is 1. The van der Waals surface area contributed by atoms with Crippen molar-refractivity contribution in [3.05, 3.63) is 66.2 Å². The lowest BCUT2D eigenvalue weighted by Crippen LogP contribution is -2.40. The number of allylic oxidation sites excluding steroid dienone is 3. The Hall–Kier alpha value is -3.06. The second kappa shape index (κ2) is 12.4. The number of carboxylic acids is 1. The molecular formula is C27H38N4O3. The van der Waals surface area contributed by atoms with E-state index in [4.69, 9.17) is 5.11 Å². The van der Waals surface area contributed by atoms with Gasteiger partial charge in [-0.25, -0.2) is 0 Å². The van der Waals surface area contributed by atoms with Gasteiger partial charge >= 0.3 is 5.97 Å². The summed E-state index contributed by atoms with van der Waals surface area (Å²) in [6.07, 6.45) is 9.66. The molecule has 0 spiro atoms. The summed E-state index contributed by atoms with van der Waals surface area (Å²) in [6.45, 7) is 9.48. The molecule has 0 radical (unpaired) electrons. The Labute approximate surface area is 203 Å². The topological polar surface area (TPSA) is 84.9 Å². The largest absolute Gasteiger partial charge is 0.481 e. The lowest BCUT2D eigenvalue weighted by atomic mass is 9.93. The minimum Gasteiger partial charge on any atom is -0.481 e. The van der Waals surface area contributed by atoms with Gasteiger partial charge in [0.1, 0.15) is 5.82 Å². The average molecular weight is 467 g/mol. The van der Waals surface area contributed by atoms with Gasteiger partial charge in [-0.1, -0.05) is 36.9 Å². The van der Waals surface area contributed by atoms with E-state index in [-0.39, 0.29) is 24.2 Å². The van der Waals surface area contributed by atoms with Gasteiger partial charge in [0.25, 0.3) is 0 Å². The second-order valence-corrected chi connectivity index (χ2v) is 9.46. The lowest BCUT2D eigenvalue weighted by Gasteiger charge is -2.32. The number of hydrogen-bond donors (Lipinski definition) is 3. The van der Waals surface area contributed by atoms with Gasteiger partial charge in [-0.2, -0.15) is 0 Å². The normalized spacial score (nSPS) is 18.8. The molecule has 1 aromatic carbocycles. The standard InChI is InChI=1S/C27H38N4O3/c1-20-6-4-5-7-25(20)29-21(2)28-24-10-8-22(9-11-24)18-26(32)30(3)16-17-31-14-12-23(13-15-31)19-27(33)34/h4-8,10-11,22-23,28-29H,2,9,12-19H2,1,3H3,(H,33,34). The number of nitrogens with zero attached hydrogens (tertiary/aromatic N) is 2. The smallest absolute Gasteiger partial charge is 0.303 e. The Kier molecular flexibility index (Phi) is 9.33. The maximum absolute atomic E-state index is 12.7. The second-order valence-electron chi connectivity index (χ2n) is 9.46. The molecule has 0 bridgehead atoms. The predicted molar refractivity (Wildman–Crippen MR) is 136 cm³/mol. The van der Waals surface area contributed by atoms with Crippen molar-refractivity contribution in [2.75, 3.05) is 38.5 Å². The number of rotatable bonds is 11. The van der Waals surface area contributed by atoms with Gasteiger partial charge in [0.15, 0.2) is 0 Å². The molecule has 7 heteroatoms. The average Bonchev–Trinajstić information content (AvgIpc) is 2.81. The fourth-order valence-corrected chi connectivity index (χ4v) is 4.45. The zero-order valence-electron chi connectivity index (χ0n) is 20.4. The van der Waals surface area contributed by atoms with Crippen LogP contribution in [0.15, 0.2) is 60.6 Å². The van der Waals surface area contributed by atoms with Crippen LogP contribution < -0.4 is 10.6 Å². The van der Waals surface area contributed by atoms with Crippen LogP contribution in [0.5, 0.6) is 0 Å². The van der Waals surface area contributed by atoms with E-state index in [1.165, 1.54) is 0 Å². The Morgan fingerprint density at radius 1 is 1.18 bits per heavy atom. The summed E-state index contributed by atoms with van der Waals surface area (Å²) in [5.41, 5.74) is 3.16. The maximum Gasteiger partial charge on any atom is 0.303 e. The molecule has 1 atom stereocenters.